The summed E-state index contributed by atoms with van der Waals surface area (Å²) in [5.41, 5.74) is 10.1. The van der Waals surface area contributed by atoms with Crippen molar-refractivity contribution < 1.29 is 4.42 Å². The summed E-state index contributed by atoms with van der Waals surface area (Å²) in [4.78, 5) is 2.43. The smallest absolute Gasteiger partial charge is 0.138 e. The van der Waals surface area contributed by atoms with Crippen molar-refractivity contribution in [2.45, 2.75) is 0 Å². The lowest BCUT2D eigenvalue weighted by molar-refractivity contribution is 0.669. The van der Waals surface area contributed by atoms with E-state index >= 15 is 0 Å². The first kappa shape index (κ1) is 27.4. The lowest BCUT2D eigenvalue weighted by atomic mass is 9.92. The molecule has 0 atom stereocenters. The quantitative estimate of drug-likeness (QED) is 0.174. The van der Waals surface area contributed by atoms with Gasteiger partial charge >= 0.3 is 0 Å². The Hall–Kier alpha value is -6.42. The Bertz CT molecular complexity index is 3240. The van der Waals surface area contributed by atoms with E-state index in [9.17, 15) is 0 Å². The molecule has 236 valence electrons. The maximum absolute atomic E-state index is 6.84. The molecule has 51 heavy (non-hydrogen) atoms. The summed E-state index contributed by atoms with van der Waals surface area (Å²) in [5, 5.41) is 12.6. The maximum Gasteiger partial charge on any atom is 0.138 e. The topological polar surface area (TPSA) is 16.4 Å². The standard InChI is InChI=1S/C48H27NOS/c1-2-8-28(9-3-1)29-18-21-32(22-19-29)49(33-23-25-35-34-11-4-5-15-42(34)51-43(35)26-33)39-27-41-48-46-37(13-7-14-40(46)50-41)36-12-6-10-30-16-17-31-20-24-38(39)47(48)45(31)44(30)36/h1-27H. The van der Waals surface area contributed by atoms with Gasteiger partial charge in [0.25, 0.3) is 0 Å². The van der Waals surface area contributed by atoms with Crippen LogP contribution in [-0.4, -0.2) is 0 Å². The van der Waals surface area contributed by atoms with Crippen LogP contribution in [0.3, 0.4) is 0 Å². The molecule has 0 bridgehead atoms. The van der Waals surface area contributed by atoms with Gasteiger partial charge < -0.3 is 9.32 Å². The van der Waals surface area contributed by atoms with E-state index in [1.54, 1.807) is 0 Å². The Morgan fingerprint density at radius 2 is 1.08 bits per heavy atom. The average molecular weight is 666 g/mol. The van der Waals surface area contributed by atoms with Gasteiger partial charge in [-0.15, -0.1) is 11.3 Å². The third-order valence-corrected chi connectivity index (χ3v) is 12.1. The van der Waals surface area contributed by atoms with Crippen molar-refractivity contribution in [3.8, 4) is 22.3 Å². The van der Waals surface area contributed by atoms with Crippen LogP contribution in [0.1, 0.15) is 0 Å². The summed E-state index contributed by atoms with van der Waals surface area (Å²) in [6.45, 7) is 0. The van der Waals surface area contributed by atoms with Gasteiger partial charge in [-0.3, -0.25) is 0 Å². The Morgan fingerprint density at radius 1 is 0.392 bits per heavy atom. The van der Waals surface area contributed by atoms with E-state index in [1.165, 1.54) is 85.5 Å². The molecule has 2 nitrogen and oxygen atoms in total. The predicted molar refractivity (Wildman–Crippen MR) is 218 cm³/mol. The molecule has 1 aliphatic rings. The maximum atomic E-state index is 6.84. The minimum Gasteiger partial charge on any atom is -0.456 e. The molecule has 2 aromatic heterocycles. The third-order valence-electron chi connectivity index (χ3n) is 10.9. The molecule has 11 aromatic rings. The number of fused-ring (bicyclic) bond motifs is 4. The number of anilines is 3. The zero-order valence-corrected chi connectivity index (χ0v) is 28.2. The lowest BCUT2D eigenvalue weighted by Gasteiger charge is -2.27. The van der Waals surface area contributed by atoms with E-state index in [-0.39, 0.29) is 0 Å². The highest BCUT2D eigenvalue weighted by Crippen LogP contribution is 2.53. The average Bonchev–Trinajstić information content (AvgIpc) is 3.72. The molecule has 0 fully saturated rings. The van der Waals surface area contributed by atoms with Gasteiger partial charge in [0.1, 0.15) is 11.2 Å². The van der Waals surface area contributed by atoms with Crippen molar-refractivity contribution in [2.75, 3.05) is 4.90 Å². The molecular formula is C48H27NOS. The molecule has 0 aliphatic heterocycles. The van der Waals surface area contributed by atoms with E-state index in [2.05, 4.69) is 169 Å². The fourth-order valence-electron chi connectivity index (χ4n) is 8.73. The summed E-state index contributed by atoms with van der Waals surface area (Å²) >= 11 is 1.86. The molecule has 2 heterocycles. The van der Waals surface area contributed by atoms with Crippen LogP contribution in [0.15, 0.2) is 168 Å². The van der Waals surface area contributed by atoms with Gasteiger partial charge in [0, 0.05) is 59.2 Å². The Balaban J connectivity index is 1.21. The summed E-state index contributed by atoms with van der Waals surface area (Å²) in [6, 6.07) is 60.0. The van der Waals surface area contributed by atoms with Gasteiger partial charge in [-0.05, 0) is 80.2 Å². The van der Waals surface area contributed by atoms with Crippen LogP contribution < -0.4 is 4.90 Å². The second-order valence-electron chi connectivity index (χ2n) is 13.6. The van der Waals surface area contributed by atoms with E-state index in [1.807, 2.05) is 11.3 Å². The molecule has 0 N–H and O–H groups in total. The van der Waals surface area contributed by atoms with E-state index in [0.29, 0.717) is 0 Å². The number of benzene rings is 9. The highest BCUT2D eigenvalue weighted by Gasteiger charge is 2.26. The Labute approximate surface area is 297 Å². The summed E-state index contributed by atoms with van der Waals surface area (Å²) in [5.74, 6) is 0. The molecule has 9 aromatic carbocycles. The SMILES string of the molecule is c1ccc(-c2ccc(N(c3ccc4c(c3)sc3ccccc34)c3cc4oc5cccc6c5c4c4c3ccc3ccc5cccc-6c5c34)cc2)cc1. The minimum atomic E-state index is 0.908. The molecule has 0 spiro atoms. The first-order valence-corrected chi connectivity index (χ1v) is 18.2. The highest BCUT2D eigenvalue weighted by atomic mass is 32.1. The first-order valence-electron chi connectivity index (χ1n) is 17.4. The van der Waals surface area contributed by atoms with E-state index in [4.69, 9.17) is 4.42 Å². The largest absolute Gasteiger partial charge is 0.456 e. The number of hydrogen-bond acceptors (Lipinski definition) is 3. The van der Waals surface area contributed by atoms with Gasteiger partial charge in [0.05, 0.1) is 5.69 Å². The Kier molecular flexibility index (Phi) is 5.41. The van der Waals surface area contributed by atoms with Crippen LogP contribution in [0.5, 0.6) is 0 Å². The van der Waals surface area contributed by atoms with Crippen molar-refractivity contribution >= 4 is 103 Å². The molecule has 0 amide bonds. The second-order valence-corrected chi connectivity index (χ2v) is 14.7. The third kappa shape index (κ3) is 3.76. The predicted octanol–water partition coefficient (Wildman–Crippen LogP) is 14.5. The molecule has 0 saturated carbocycles. The van der Waals surface area contributed by atoms with Gasteiger partial charge in [0.15, 0.2) is 0 Å². The van der Waals surface area contributed by atoms with Crippen molar-refractivity contribution in [3.63, 3.8) is 0 Å². The number of thiophene rings is 1. The van der Waals surface area contributed by atoms with Gasteiger partial charge in [0.2, 0.25) is 0 Å². The molecule has 3 heteroatoms. The monoisotopic (exact) mass is 665 g/mol. The molecular weight excluding hydrogens is 639 g/mol. The van der Waals surface area contributed by atoms with Gasteiger partial charge in [-0.1, -0.05) is 121 Å². The second kappa shape index (κ2) is 10.1. The van der Waals surface area contributed by atoms with Crippen LogP contribution in [0.4, 0.5) is 17.1 Å². The van der Waals surface area contributed by atoms with Crippen LogP contribution in [0, 0.1) is 0 Å². The lowest BCUT2D eigenvalue weighted by Crippen LogP contribution is -2.10. The van der Waals surface area contributed by atoms with Crippen LogP contribution in [0.25, 0.3) is 96.7 Å². The van der Waals surface area contributed by atoms with Crippen molar-refractivity contribution in [1.29, 1.82) is 0 Å². The van der Waals surface area contributed by atoms with Crippen molar-refractivity contribution in [2.24, 2.45) is 0 Å². The first-order chi connectivity index (χ1) is 25.3. The van der Waals surface area contributed by atoms with Crippen molar-refractivity contribution in [3.05, 3.63) is 164 Å². The molecule has 1 aliphatic carbocycles. The summed E-state index contributed by atoms with van der Waals surface area (Å²) in [6.07, 6.45) is 0. The normalized spacial score (nSPS) is 12.3. The van der Waals surface area contributed by atoms with Gasteiger partial charge in [-0.25, -0.2) is 0 Å². The van der Waals surface area contributed by atoms with Crippen molar-refractivity contribution in [1.82, 2.24) is 0 Å². The van der Waals surface area contributed by atoms with Crippen LogP contribution >= 0.6 is 11.3 Å². The molecule has 0 unspecified atom stereocenters. The molecule has 0 saturated heterocycles. The number of rotatable bonds is 4. The molecule has 12 rings (SSSR count). The zero-order chi connectivity index (χ0) is 33.2. The molecule has 0 radical (unpaired) electrons. The minimum absolute atomic E-state index is 0.908. The summed E-state index contributed by atoms with van der Waals surface area (Å²) < 4.78 is 9.42. The highest BCUT2D eigenvalue weighted by molar-refractivity contribution is 7.25. The number of hydrogen-bond donors (Lipinski definition) is 0. The summed E-state index contributed by atoms with van der Waals surface area (Å²) in [7, 11) is 0. The van der Waals surface area contributed by atoms with Gasteiger partial charge in [-0.2, -0.15) is 0 Å². The fraction of sp³-hybridized carbons (Fsp3) is 0. The van der Waals surface area contributed by atoms with E-state index in [0.717, 1.165) is 28.2 Å². The Morgan fingerprint density at radius 3 is 1.96 bits per heavy atom. The zero-order valence-electron chi connectivity index (χ0n) is 27.4. The fourth-order valence-corrected chi connectivity index (χ4v) is 9.87. The number of nitrogens with zero attached hydrogens (tertiary/aromatic N) is 1. The van der Waals surface area contributed by atoms with E-state index < -0.39 is 0 Å². The number of furan rings is 1. The van der Waals surface area contributed by atoms with Crippen LogP contribution in [0.2, 0.25) is 0 Å². The van der Waals surface area contributed by atoms with Crippen LogP contribution in [-0.2, 0) is 0 Å².